The van der Waals surface area contributed by atoms with E-state index in [1.54, 1.807) is 0 Å². The van der Waals surface area contributed by atoms with Crippen LogP contribution in [0.25, 0.3) is 0 Å². The van der Waals surface area contributed by atoms with Gasteiger partial charge >= 0.3 is 0 Å². The van der Waals surface area contributed by atoms with Crippen LogP contribution < -0.4 is 0 Å². The van der Waals surface area contributed by atoms with E-state index in [1.807, 2.05) is 0 Å². The number of hydrogen-bond donors (Lipinski definition) is 0. The molecule has 2 rings (SSSR count). The quantitative estimate of drug-likeness (QED) is 0.617. The van der Waals surface area contributed by atoms with Gasteiger partial charge in [-0.05, 0) is 36.9 Å². The molecule has 1 heteroatoms. The molecule has 0 N–H and O–H groups in total. The second-order valence-electron chi connectivity index (χ2n) is 6.38. The fourth-order valence-electron chi connectivity index (χ4n) is 3.10. The minimum Gasteiger partial charge on any atom is -0.302 e. The van der Waals surface area contributed by atoms with Crippen molar-refractivity contribution in [1.29, 1.82) is 0 Å². The van der Waals surface area contributed by atoms with Crippen molar-refractivity contribution in [1.82, 2.24) is 4.90 Å². The Bertz CT molecular complexity index is 506. The van der Waals surface area contributed by atoms with Gasteiger partial charge in [-0.3, -0.25) is 0 Å². The molecule has 0 fully saturated rings. The smallest absolute Gasteiger partial charge is 0.0230 e. The summed E-state index contributed by atoms with van der Waals surface area (Å²) in [5, 5.41) is 0. The van der Waals surface area contributed by atoms with Crippen molar-refractivity contribution in [3.63, 3.8) is 0 Å². The first-order chi connectivity index (χ1) is 10.8. The van der Waals surface area contributed by atoms with Gasteiger partial charge in [0.2, 0.25) is 0 Å². The Hall–Kier alpha value is -1.60. The van der Waals surface area contributed by atoms with Gasteiger partial charge in [0.1, 0.15) is 0 Å². The normalized spacial score (nSPS) is 12.5. The lowest BCUT2D eigenvalue weighted by atomic mass is 9.93. The maximum Gasteiger partial charge on any atom is 0.0230 e. The molecule has 0 radical (unpaired) electrons. The van der Waals surface area contributed by atoms with Crippen molar-refractivity contribution in [2.75, 3.05) is 13.6 Å². The lowest BCUT2D eigenvalue weighted by Crippen LogP contribution is -2.26. The van der Waals surface area contributed by atoms with Crippen LogP contribution in [0.5, 0.6) is 0 Å². The Morgan fingerprint density at radius 1 is 0.864 bits per heavy atom. The van der Waals surface area contributed by atoms with Gasteiger partial charge in [-0.2, -0.15) is 0 Å². The number of nitrogens with zero attached hydrogens (tertiary/aromatic N) is 1. The zero-order chi connectivity index (χ0) is 15.6. The molecule has 0 bridgehead atoms. The lowest BCUT2D eigenvalue weighted by Gasteiger charge is -2.24. The Balaban J connectivity index is 1.90. The molecule has 0 aliphatic carbocycles. The van der Waals surface area contributed by atoms with Crippen LogP contribution >= 0.6 is 0 Å². The summed E-state index contributed by atoms with van der Waals surface area (Å²) < 4.78 is 0. The Morgan fingerprint density at radius 3 is 2.05 bits per heavy atom. The van der Waals surface area contributed by atoms with E-state index >= 15 is 0 Å². The molecule has 0 saturated carbocycles. The molecule has 0 aliphatic rings. The number of unbranched alkanes of at least 4 members (excludes halogenated alkanes) is 1. The van der Waals surface area contributed by atoms with Crippen LogP contribution in [-0.4, -0.2) is 18.5 Å². The van der Waals surface area contributed by atoms with E-state index in [2.05, 4.69) is 79.5 Å². The summed E-state index contributed by atoms with van der Waals surface area (Å²) in [5.74, 6) is 0.746. The topological polar surface area (TPSA) is 3.24 Å². The van der Waals surface area contributed by atoms with Gasteiger partial charge in [-0.15, -0.1) is 0 Å². The van der Waals surface area contributed by atoms with Crippen LogP contribution in [0.3, 0.4) is 0 Å². The standard InChI is InChI=1S/C21H29N/c1-3-4-11-21(16-19-12-7-5-8-13-19)18-22(2)17-20-14-9-6-10-15-20/h5-10,12-15,21H,3-4,11,16-18H2,1-2H3/t21-/m0/s1. The molecular formula is C21H29N. The fraction of sp³-hybridized carbons (Fsp3) is 0.429. The van der Waals surface area contributed by atoms with Crippen LogP contribution in [0, 0.1) is 5.92 Å². The van der Waals surface area contributed by atoms with E-state index in [4.69, 9.17) is 0 Å². The van der Waals surface area contributed by atoms with Gasteiger partial charge in [0.05, 0.1) is 0 Å². The van der Waals surface area contributed by atoms with E-state index in [0.717, 1.165) is 12.5 Å². The highest BCUT2D eigenvalue weighted by Crippen LogP contribution is 2.17. The average Bonchev–Trinajstić information content (AvgIpc) is 2.54. The molecule has 0 aromatic heterocycles. The Kier molecular flexibility index (Phi) is 7.18. The van der Waals surface area contributed by atoms with Crippen LogP contribution in [0.2, 0.25) is 0 Å². The van der Waals surface area contributed by atoms with Crippen LogP contribution in [0.15, 0.2) is 60.7 Å². The molecule has 0 aliphatic heterocycles. The molecule has 0 unspecified atom stereocenters. The highest BCUT2D eigenvalue weighted by molar-refractivity contribution is 5.16. The van der Waals surface area contributed by atoms with Gasteiger partial charge in [0, 0.05) is 13.1 Å². The van der Waals surface area contributed by atoms with E-state index in [9.17, 15) is 0 Å². The van der Waals surface area contributed by atoms with Crippen molar-refractivity contribution in [2.45, 2.75) is 39.2 Å². The largest absolute Gasteiger partial charge is 0.302 e. The molecule has 0 amide bonds. The molecule has 1 nitrogen and oxygen atoms in total. The van der Waals surface area contributed by atoms with E-state index in [1.165, 1.54) is 43.4 Å². The minimum atomic E-state index is 0.746. The van der Waals surface area contributed by atoms with Crippen molar-refractivity contribution >= 4 is 0 Å². The number of hydrogen-bond acceptors (Lipinski definition) is 1. The fourth-order valence-corrected chi connectivity index (χ4v) is 3.10. The van der Waals surface area contributed by atoms with Gasteiger partial charge in [0.25, 0.3) is 0 Å². The van der Waals surface area contributed by atoms with E-state index in [-0.39, 0.29) is 0 Å². The number of benzene rings is 2. The first-order valence-electron chi connectivity index (χ1n) is 8.54. The van der Waals surface area contributed by atoms with Crippen LogP contribution in [0.1, 0.15) is 37.3 Å². The molecule has 118 valence electrons. The van der Waals surface area contributed by atoms with Crippen LogP contribution in [0.4, 0.5) is 0 Å². The van der Waals surface area contributed by atoms with Crippen molar-refractivity contribution in [2.24, 2.45) is 5.92 Å². The molecule has 0 heterocycles. The second kappa shape index (κ2) is 9.42. The zero-order valence-corrected chi connectivity index (χ0v) is 14.0. The molecule has 1 atom stereocenters. The van der Waals surface area contributed by atoms with Gasteiger partial charge < -0.3 is 4.90 Å². The minimum absolute atomic E-state index is 0.746. The van der Waals surface area contributed by atoms with Crippen molar-refractivity contribution in [3.05, 3.63) is 71.8 Å². The second-order valence-corrected chi connectivity index (χ2v) is 6.38. The predicted molar refractivity (Wildman–Crippen MR) is 95.9 cm³/mol. The summed E-state index contributed by atoms with van der Waals surface area (Å²) in [6.45, 7) is 4.50. The third-order valence-electron chi connectivity index (χ3n) is 4.20. The van der Waals surface area contributed by atoms with Crippen LogP contribution in [-0.2, 0) is 13.0 Å². The Morgan fingerprint density at radius 2 is 1.45 bits per heavy atom. The summed E-state index contributed by atoms with van der Waals surface area (Å²) in [7, 11) is 2.25. The van der Waals surface area contributed by atoms with E-state index in [0.29, 0.717) is 0 Å². The van der Waals surface area contributed by atoms with E-state index < -0.39 is 0 Å². The summed E-state index contributed by atoms with van der Waals surface area (Å²) in [4.78, 5) is 2.47. The third-order valence-corrected chi connectivity index (χ3v) is 4.20. The first-order valence-corrected chi connectivity index (χ1v) is 8.54. The molecule has 0 saturated heterocycles. The third kappa shape index (κ3) is 6.03. The monoisotopic (exact) mass is 295 g/mol. The number of rotatable bonds is 9. The summed E-state index contributed by atoms with van der Waals surface area (Å²) in [6, 6.07) is 21.7. The highest BCUT2D eigenvalue weighted by atomic mass is 15.1. The molecular weight excluding hydrogens is 266 g/mol. The summed E-state index contributed by atoms with van der Waals surface area (Å²) in [5.41, 5.74) is 2.87. The highest BCUT2D eigenvalue weighted by Gasteiger charge is 2.12. The molecule has 22 heavy (non-hydrogen) atoms. The zero-order valence-electron chi connectivity index (χ0n) is 14.0. The molecule has 2 aromatic rings. The Labute approximate surface area is 136 Å². The molecule has 2 aromatic carbocycles. The maximum atomic E-state index is 2.47. The lowest BCUT2D eigenvalue weighted by molar-refractivity contribution is 0.256. The van der Waals surface area contributed by atoms with Gasteiger partial charge in [-0.1, -0.05) is 80.4 Å². The van der Waals surface area contributed by atoms with Gasteiger partial charge in [-0.25, -0.2) is 0 Å². The molecule has 0 spiro atoms. The van der Waals surface area contributed by atoms with Crippen molar-refractivity contribution in [3.8, 4) is 0 Å². The predicted octanol–water partition coefficient (Wildman–Crippen LogP) is 5.17. The first kappa shape index (κ1) is 16.8. The summed E-state index contributed by atoms with van der Waals surface area (Å²) >= 11 is 0. The van der Waals surface area contributed by atoms with Crippen molar-refractivity contribution < 1.29 is 0 Å². The average molecular weight is 295 g/mol. The van der Waals surface area contributed by atoms with Gasteiger partial charge in [0.15, 0.2) is 0 Å². The summed E-state index contributed by atoms with van der Waals surface area (Å²) in [6.07, 6.45) is 5.13. The SMILES string of the molecule is CCCC[C@@H](Cc1ccccc1)CN(C)Cc1ccccc1. The maximum absolute atomic E-state index is 2.47.